The van der Waals surface area contributed by atoms with Crippen molar-refractivity contribution in [2.45, 2.75) is 35.1 Å². The van der Waals surface area contributed by atoms with Gasteiger partial charge in [-0.15, -0.1) is 11.3 Å². The van der Waals surface area contributed by atoms with Crippen molar-refractivity contribution in [3.8, 4) is 5.75 Å². The zero-order valence-corrected chi connectivity index (χ0v) is 24.5. The lowest BCUT2D eigenvalue weighted by Crippen LogP contribution is -2.50. The van der Waals surface area contributed by atoms with Gasteiger partial charge in [0.15, 0.2) is 5.75 Å². The summed E-state index contributed by atoms with van der Waals surface area (Å²) in [4.78, 5) is 14.9. The summed E-state index contributed by atoms with van der Waals surface area (Å²) in [5.41, 5.74) is -0.00471. The third-order valence-electron chi connectivity index (χ3n) is 6.66. The Morgan fingerprint density at radius 3 is 2.48 bits per heavy atom. The molecule has 3 aromatic rings. The van der Waals surface area contributed by atoms with Crippen molar-refractivity contribution in [1.29, 1.82) is 0 Å². The van der Waals surface area contributed by atoms with E-state index in [1.54, 1.807) is 25.3 Å². The second kappa shape index (κ2) is 11.8. The number of likely N-dealkylation sites (N-methyl/N-ethyl adjacent to an activating group) is 1. The van der Waals surface area contributed by atoms with E-state index in [-0.39, 0.29) is 45.8 Å². The minimum atomic E-state index is -4.21. The fourth-order valence-corrected chi connectivity index (χ4v) is 7.72. The molecule has 2 aromatic carbocycles. The Labute approximate surface area is 237 Å². The quantitative estimate of drug-likeness (QED) is 0.380. The first kappa shape index (κ1) is 29.9. The highest BCUT2D eigenvalue weighted by atomic mass is 32.2. The molecular formula is C26H30FN3O7S3. The highest BCUT2D eigenvalue weighted by Crippen LogP contribution is 2.36. The number of aliphatic hydroxyl groups excluding tert-OH is 1. The Kier molecular flexibility index (Phi) is 8.85. The Bertz CT molecular complexity index is 1560. The van der Waals surface area contributed by atoms with Crippen LogP contribution in [0.1, 0.15) is 24.2 Å². The molecular weight excluding hydrogens is 581 g/mol. The van der Waals surface area contributed by atoms with Gasteiger partial charge in [0.25, 0.3) is 26.0 Å². The number of nitrogens with zero attached hydrogens (tertiary/aromatic N) is 2. The van der Waals surface area contributed by atoms with Crippen LogP contribution in [0, 0.1) is 11.7 Å². The summed E-state index contributed by atoms with van der Waals surface area (Å²) < 4.78 is 76.0. The van der Waals surface area contributed by atoms with E-state index in [1.807, 2.05) is 0 Å². The van der Waals surface area contributed by atoms with Crippen LogP contribution in [0.3, 0.4) is 0 Å². The molecule has 1 amide bonds. The van der Waals surface area contributed by atoms with E-state index in [0.717, 1.165) is 39.9 Å². The number of nitrogens with one attached hydrogen (secondary N) is 1. The largest absolute Gasteiger partial charge is 0.486 e. The number of thiophene rings is 1. The van der Waals surface area contributed by atoms with Crippen LogP contribution in [0.5, 0.6) is 5.75 Å². The summed E-state index contributed by atoms with van der Waals surface area (Å²) in [6.45, 7) is 3.20. The van der Waals surface area contributed by atoms with Gasteiger partial charge in [-0.1, -0.05) is 19.1 Å². The summed E-state index contributed by atoms with van der Waals surface area (Å²) in [6.07, 6.45) is -0.809. The van der Waals surface area contributed by atoms with E-state index in [9.17, 15) is 31.1 Å². The summed E-state index contributed by atoms with van der Waals surface area (Å²) in [6, 6.07) is 11.2. The zero-order chi connectivity index (χ0) is 29.2. The predicted octanol–water partition coefficient (Wildman–Crippen LogP) is 3.23. The number of rotatable bonds is 9. The maximum absolute atomic E-state index is 13.6. The number of carbonyl (C=O) groups is 1. The van der Waals surface area contributed by atoms with Crippen molar-refractivity contribution in [2.24, 2.45) is 5.92 Å². The number of ether oxygens (including phenoxy) is 1. The van der Waals surface area contributed by atoms with Gasteiger partial charge in [-0.25, -0.2) is 21.2 Å². The Balaban J connectivity index is 1.76. The molecule has 0 spiro atoms. The maximum Gasteiger partial charge on any atom is 0.262 e. The molecule has 40 heavy (non-hydrogen) atoms. The van der Waals surface area contributed by atoms with Crippen molar-refractivity contribution >= 4 is 43.0 Å². The number of amides is 1. The van der Waals surface area contributed by atoms with Crippen LogP contribution in [0.4, 0.5) is 10.1 Å². The van der Waals surface area contributed by atoms with E-state index < -0.39 is 49.8 Å². The minimum absolute atomic E-state index is 0.0419. The van der Waals surface area contributed by atoms with Gasteiger partial charge >= 0.3 is 0 Å². The molecule has 1 aromatic heterocycles. The van der Waals surface area contributed by atoms with Crippen LogP contribution in [0.25, 0.3) is 0 Å². The molecule has 1 aliphatic rings. The molecule has 4 rings (SSSR count). The molecule has 0 bridgehead atoms. The molecule has 0 aliphatic carbocycles. The van der Waals surface area contributed by atoms with Gasteiger partial charge in [0.2, 0.25) is 0 Å². The van der Waals surface area contributed by atoms with E-state index in [0.29, 0.717) is 0 Å². The fraction of sp³-hybridized carbons (Fsp3) is 0.346. The number of sulfonamides is 2. The van der Waals surface area contributed by atoms with Crippen molar-refractivity contribution in [3.63, 3.8) is 0 Å². The molecule has 0 saturated carbocycles. The second-order valence-corrected chi connectivity index (χ2v) is 14.5. The van der Waals surface area contributed by atoms with Crippen molar-refractivity contribution < 1.29 is 35.9 Å². The topological polar surface area (TPSA) is 133 Å². The number of fused-ring (bicyclic) bond motifs is 1. The summed E-state index contributed by atoms with van der Waals surface area (Å²) in [7, 11) is -6.62. The van der Waals surface area contributed by atoms with Crippen molar-refractivity contribution in [2.75, 3.05) is 31.5 Å². The van der Waals surface area contributed by atoms with Gasteiger partial charge in [0.05, 0.1) is 35.3 Å². The molecule has 2 N–H and O–H groups in total. The number of aliphatic hydroxyl groups is 1. The third kappa shape index (κ3) is 6.15. The van der Waals surface area contributed by atoms with E-state index in [4.69, 9.17) is 4.74 Å². The monoisotopic (exact) mass is 611 g/mol. The summed E-state index contributed by atoms with van der Waals surface area (Å²) >= 11 is 1.08. The molecule has 0 saturated heterocycles. The number of para-hydroxylation sites is 1. The Morgan fingerprint density at radius 1 is 1.15 bits per heavy atom. The normalized spacial score (nSPS) is 18.9. The lowest BCUT2D eigenvalue weighted by Gasteiger charge is -2.38. The van der Waals surface area contributed by atoms with Crippen LogP contribution in [-0.4, -0.2) is 75.9 Å². The first-order chi connectivity index (χ1) is 18.8. The molecule has 216 valence electrons. The van der Waals surface area contributed by atoms with Crippen molar-refractivity contribution in [1.82, 2.24) is 9.21 Å². The number of carbonyl (C=O) groups excluding carboxylic acids is 1. The highest BCUT2D eigenvalue weighted by Gasteiger charge is 2.36. The molecule has 10 nitrogen and oxygen atoms in total. The number of halogens is 1. The highest BCUT2D eigenvalue weighted by molar-refractivity contribution is 7.92. The van der Waals surface area contributed by atoms with Crippen LogP contribution < -0.4 is 9.46 Å². The average molecular weight is 612 g/mol. The number of hydrogen-bond acceptors (Lipinski definition) is 8. The van der Waals surface area contributed by atoms with Gasteiger partial charge in [-0.05, 0) is 54.8 Å². The van der Waals surface area contributed by atoms with Gasteiger partial charge in [-0.3, -0.25) is 9.52 Å². The Hall–Kier alpha value is -3.04. The van der Waals surface area contributed by atoms with Gasteiger partial charge < -0.3 is 14.7 Å². The molecule has 1 aliphatic heterocycles. The molecule has 0 unspecified atom stereocenters. The first-order valence-corrected chi connectivity index (χ1v) is 16.1. The number of anilines is 1. The first-order valence-electron chi connectivity index (χ1n) is 12.3. The average Bonchev–Trinajstić information content (AvgIpc) is 3.47. The van der Waals surface area contributed by atoms with Crippen LogP contribution in [-0.2, 0) is 20.0 Å². The van der Waals surface area contributed by atoms with Crippen LogP contribution in [0.15, 0.2) is 69.1 Å². The predicted molar refractivity (Wildman–Crippen MR) is 149 cm³/mol. The Morgan fingerprint density at radius 2 is 1.85 bits per heavy atom. The minimum Gasteiger partial charge on any atom is -0.486 e. The van der Waals surface area contributed by atoms with Crippen LogP contribution >= 0.6 is 11.3 Å². The molecule has 3 atom stereocenters. The third-order valence-corrected chi connectivity index (χ3v) is 11.2. The number of hydrogen-bond donors (Lipinski definition) is 2. The van der Waals surface area contributed by atoms with E-state index in [2.05, 4.69) is 4.72 Å². The number of benzene rings is 2. The van der Waals surface area contributed by atoms with E-state index >= 15 is 0 Å². The SMILES string of the molecule is C[C@@H]1CN([C@H](C)CO)C(=O)c2cccc(NS(=O)(=O)c3ccc(F)cc3)c2O[C@@H]1CN(C)S(=O)(=O)c1cccs1. The molecule has 0 radical (unpaired) electrons. The summed E-state index contributed by atoms with van der Waals surface area (Å²) in [5, 5.41) is 11.5. The maximum atomic E-state index is 13.6. The fourth-order valence-electron chi connectivity index (χ4n) is 4.27. The molecule has 0 fully saturated rings. The molecule has 14 heteroatoms. The van der Waals surface area contributed by atoms with Gasteiger partial charge in [-0.2, -0.15) is 4.31 Å². The zero-order valence-electron chi connectivity index (χ0n) is 22.0. The van der Waals surface area contributed by atoms with Crippen molar-refractivity contribution in [3.05, 3.63) is 71.4 Å². The molecule has 2 heterocycles. The summed E-state index contributed by atoms with van der Waals surface area (Å²) in [5.74, 6) is -1.58. The lowest BCUT2D eigenvalue weighted by molar-refractivity contribution is 0.0389. The van der Waals surface area contributed by atoms with E-state index in [1.165, 1.54) is 36.2 Å². The second-order valence-electron chi connectivity index (χ2n) is 9.58. The van der Waals surface area contributed by atoms with Gasteiger partial charge in [0.1, 0.15) is 16.1 Å². The smallest absolute Gasteiger partial charge is 0.262 e. The lowest BCUT2D eigenvalue weighted by atomic mass is 9.99. The standard InChI is InChI=1S/C26H30FN3O7S3/c1-17-14-30(18(2)16-31)26(32)21-6-4-7-22(28-39(33,34)20-11-9-19(27)10-12-20)25(21)37-23(17)15-29(3)40(35,36)24-8-5-13-38-24/h4-13,17-18,23,28,31H,14-16H2,1-3H3/t17-,18-,23-/m1/s1. The van der Waals surface area contributed by atoms with Gasteiger partial charge in [0, 0.05) is 19.5 Å². The van der Waals surface area contributed by atoms with Crippen LogP contribution in [0.2, 0.25) is 0 Å².